The van der Waals surface area contributed by atoms with E-state index in [1.807, 2.05) is 25.1 Å². The molecule has 0 saturated carbocycles. The first-order valence-corrected chi connectivity index (χ1v) is 12.2. The standard InChI is InChI=1S/C26H27FN6O3/c1-2-13-8-23(34)18(27)9-17(13)14-3-4-16-19(7-14)31-32-24(16)25-30-20-10-21(26(35)36)29-12-22(20)33(25)15-5-6-28-11-15/h3-4,7-9,15,21,28-29,34H,2,5-6,10-12H2,1H3,(H,31,32)(H,35,36). The molecule has 0 radical (unpaired) electrons. The number of hydrogen-bond donors (Lipinski definition) is 5. The molecule has 2 unspecified atom stereocenters. The number of carbonyl (C=O) groups is 1. The Morgan fingerprint density at radius 2 is 2.14 bits per heavy atom. The maximum Gasteiger partial charge on any atom is 0.321 e. The van der Waals surface area contributed by atoms with E-state index < -0.39 is 17.8 Å². The van der Waals surface area contributed by atoms with Gasteiger partial charge in [-0.1, -0.05) is 13.0 Å². The highest BCUT2D eigenvalue weighted by molar-refractivity contribution is 5.94. The van der Waals surface area contributed by atoms with Crippen LogP contribution in [-0.4, -0.2) is 55.1 Å². The number of nitrogens with one attached hydrogen (secondary N) is 3. The fraction of sp³-hybridized carbons (Fsp3) is 0.346. The molecule has 10 heteroatoms. The Bertz CT molecular complexity index is 1490. The summed E-state index contributed by atoms with van der Waals surface area (Å²) in [6.45, 7) is 4.13. The summed E-state index contributed by atoms with van der Waals surface area (Å²) in [5.74, 6) is -1.16. The number of benzene rings is 2. The zero-order valence-electron chi connectivity index (χ0n) is 19.8. The van der Waals surface area contributed by atoms with Crippen LogP contribution < -0.4 is 10.6 Å². The van der Waals surface area contributed by atoms with Crippen LogP contribution in [0, 0.1) is 5.82 Å². The van der Waals surface area contributed by atoms with E-state index in [-0.39, 0.29) is 11.8 Å². The highest BCUT2D eigenvalue weighted by Gasteiger charge is 2.33. The van der Waals surface area contributed by atoms with Crippen LogP contribution in [0.1, 0.15) is 36.3 Å². The zero-order valence-corrected chi connectivity index (χ0v) is 19.8. The van der Waals surface area contributed by atoms with Gasteiger partial charge in [-0.05, 0) is 60.3 Å². The summed E-state index contributed by atoms with van der Waals surface area (Å²) in [5.41, 5.74) is 5.70. The molecule has 4 aromatic rings. The highest BCUT2D eigenvalue weighted by atomic mass is 19.1. The third kappa shape index (κ3) is 3.64. The third-order valence-electron chi connectivity index (χ3n) is 7.34. The predicted molar refractivity (Wildman–Crippen MR) is 132 cm³/mol. The van der Waals surface area contributed by atoms with Crippen LogP contribution in [0.2, 0.25) is 0 Å². The Labute approximate surface area is 206 Å². The number of phenols is 1. The number of carboxylic acid groups (broad SMARTS) is 1. The molecule has 36 heavy (non-hydrogen) atoms. The second kappa shape index (κ2) is 8.72. The smallest absolute Gasteiger partial charge is 0.321 e. The lowest BCUT2D eigenvalue weighted by Crippen LogP contribution is -2.42. The molecular formula is C26H27FN6O3. The molecule has 4 heterocycles. The molecule has 2 aliphatic heterocycles. The fourth-order valence-corrected chi connectivity index (χ4v) is 5.47. The van der Waals surface area contributed by atoms with E-state index in [9.17, 15) is 19.4 Å². The van der Waals surface area contributed by atoms with Crippen molar-refractivity contribution < 1.29 is 19.4 Å². The number of nitrogens with zero attached hydrogens (tertiary/aromatic N) is 3. The number of phenolic OH excluding ortho intramolecular Hbond substituents is 1. The molecule has 1 fully saturated rings. The van der Waals surface area contributed by atoms with Gasteiger partial charge in [0.2, 0.25) is 0 Å². The molecule has 6 rings (SSSR count). The molecule has 2 aliphatic rings. The van der Waals surface area contributed by atoms with E-state index in [4.69, 9.17) is 4.98 Å². The third-order valence-corrected chi connectivity index (χ3v) is 7.34. The van der Waals surface area contributed by atoms with Gasteiger partial charge in [-0.2, -0.15) is 5.10 Å². The summed E-state index contributed by atoms with van der Waals surface area (Å²) >= 11 is 0. The minimum atomic E-state index is -0.880. The van der Waals surface area contributed by atoms with Gasteiger partial charge in [0.1, 0.15) is 11.7 Å². The Kier molecular flexibility index (Phi) is 5.50. The van der Waals surface area contributed by atoms with E-state index in [1.54, 1.807) is 0 Å². The van der Waals surface area contributed by atoms with E-state index in [0.29, 0.717) is 25.1 Å². The second-order valence-electron chi connectivity index (χ2n) is 9.47. The van der Waals surface area contributed by atoms with E-state index >= 15 is 0 Å². The van der Waals surface area contributed by atoms with Crippen LogP contribution in [0.3, 0.4) is 0 Å². The first kappa shape index (κ1) is 22.7. The monoisotopic (exact) mass is 490 g/mol. The van der Waals surface area contributed by atoms with Crippen molar-refractivity contribution in [2.75, 3.05) is 13.1 Å². The first-order chi connectivity index (χ1) is 17.4. The number of H-pyrrole nitrogens is 1. The van der Waals surface area contributed by atoms with Gasteiger partial charge in [0, 0.05) is 30.9 Å². The molecule has 0 amide bonds. The first-order valence-electron chi connectivity index (χ1n) is 12.2. The molecule has 9 nitrogen and oxygen atoms in total. The minimum absolute atomic E-state index is 0.206. The largest absolute Gasteiger partial charge is 0.505 e. The molecule has 5 N–H and O–H groups in total. The number of aromatic amines is 1. The molecular weight excluding hydrogens is 463 g/mol. The minimum Gasteiger partial charge on any atom is -0.505 e. The lowest BCUT2D eigenvalue weighted by atomic mass is 9.96. The maximum atomic E-state index is 14.2. The summed E-state index contributed by atoms with van der Waals surface area (Å²) in [7, 11) is 0. The summed E-state index contributed by atoms with van der Waals surface area (Å²) in [6.07, 6.45) is 1.93. The van der Waals surface area contributed by atoms with Crippen LogP contribution in [0.5, 0.6) is 5.75 Å². The number of aromatic nitrogens is 4. The number of carboxylic acids is 1. The highest BCUT2D eigenvalue weighted by Crippen LogP contribution is 2.36. The Balaban J connectivity index is 1.46. The molecule has 1 saturated heterocycles. The van der Waals surface area contributed by atoms with Gasteiger partial charge in [-0.25, -0.2) is 9.37 Å². The summed E-state index contributed by atoms with van der Waals surface area (Å²) < 4.78 is 16.4. The lowest BCUT2D eigenvalue weighted by Gasteiger charge is -2.23. The van der Waals surface area contributed by atoms with E-state index in [1.165, 1.54) is 12.1 Å². The molecule has 2 aromatic heterocycles. The molecule has 0 spiro atoms. The van der Waals surface area contributed by atoms with E-state index in [0.717, 1.165) is 64.3 Å². The molecule has 2 aromatic carbocycles. The van der Waals surface area contributed by atoms with E-state index in [2.05, 4.69) is 25.4 Å². The zero-order chi connectivity index (χ0) is 25.0. The quantitative estimate of drug-likeness (QED) is 0.291. The number of aryl methyl sites for hydroxylation is 1. The Morgan fingerprint density at radius 3 is 2.89 bits per heavy atom. The maximum absolute atomic E-state index is 14.2. The van der Waals surface area contributed by atoms with Crippen molar-refractivity contribution in [3.05, 3.63) is 53.1 Å². The summed E-state index contributed by atoms with van der Waals surface area (Å²) in [6, 6.07) is 8.21. The molecule has 0 aliphatic carbocycles. The number of halogens is 1. The van der Waals surface area contributed by atoms with Crippen molar-refractivity contribution in [2.45, 2.75) is 44.8 Å². The average molecular weight is 491 g/mol. The lowest BCUT2D eigenvalue weighted by molar-refractivity contribution is -0.139. The van der Waals surface area contributed by atoms with Gasteiger partial charge in [0.25, 0.3) is 0 Å². The summed E-state index contributed by atoms with van der Waals surface area (Å²) in [4.78, 5) is 16.5. The molecule has 0 bridgehead atoms. The van der Waals surface area contributed by atoms with Crippen molar-refractivity contribution in [3.8, 4) is 28.4 Å². The van der Waals surface area contributed by atoms with Gasteiger partial charge >= 0.3 is 5.97 Å². The average Bonchev–Trinajstić information content (AvgIpc) is 3.62. The van der Waals surface area contributed by atoms with Crippen molar-refractivity contribution in [1.29, 1.82) is 0 Å². The number of imidazole rings is 1. The second-order valence-corrected chi connectivity index (χ2v) is 9.47. The predicted octanol–water partition coefficient (Wildman–Crippen LogP) is 3.13. The van der Waals surface area contributed by atoms with Crippen LogP contribution in [0.25, 0.3) is 33.5 Å². The van der Waals surface area contributed by atoms with Gasteiger partial charge in [-0.3, -0.25) is 15.2 Å². The van der Waals surface area contributed by atoms with Crippen molar-refractivity contribution in [3.63, 3.8) is 0 Å². The molecule has 186 valence electrons. The van der Waals surface area contributed by atoms with Crippen LogP contribution in [0.15, 0.2) is 30.3 Å². The SMILES string of the molecule is CCc1cc(O)c(F)cc1-c1ccc2c(-c3nc4c(n3C3CCNC3)CNC(C(=O)O)C4)n[nH]c2c1. The van der Waals surface area contributed by atoms with Crippen LogP contribution in [-0.2, 0) is 24.2 Å². The van der Waals surface area contributed by atoms with Gasteiger partial charge < -0.3 is 20.1 Å². The normalized spacial score (nSPS) is 19.6. The summed E-state index contributed by atoms with van der Waals surface area (Å²) in [5, 5.41) is 34.5. The van der Waals surface area contributed by atoms with Gasteiger partial charge in [0.15, 0.2) is 17.4 Å². The van der Waals surface area contributed by atoms with Crippen LogP contribution >= 0.6 is 0 Å². The fourth-order valence-electron chi connectivity index (χ4n) is 5.47. The number of aliphatic carboxylic acids is 1. The molecule has 2 atom stereocenters. The Morgan fingerprint density at radius 1 is 1.28 bits per heavy atom. The number of aromatic hydroxyl groups is 1. The number of hydrogen-bond acceptors (Lipinski definition) is 6. The number of fused-ring (bicyclic) bond motifs is 2. The van der Waals surface area contributed by atoms with Crippen molar-refractivity contribution in [1.82, 2.24) is 30.4 Å². The number of rotatable bonds is 5. The van der Waals surface area contributed by atoms with Gasteiger partial charge in [0.05, 0.1) is 16.9 Å². The van der Waals surface area contributed by atoms with Crippen LogP contribution in [0.4, 0.5) is 4.39 Å². The Hall–Kier alpha value is -3.76. The van der Waals surface area contributed by atoms with Gasteiger partial charge in [-0.15, -0.1) is 0 Å². The van der Waals surface area contributed by atoms with Crippen molar-refractivity contribution in [2.24, 2.45) is 0 Å². The topological polar surface area (TPSA) is 128 Å². The van der Waals surface area contributed by atoms with Crippen molar-refractivity contribution >= 4 is 16.9 Å².